The Morgan fingerprint density at radius 2 is 2.38 bits per heavy atom. The third kappa shape index (κ3) is 1.51. The first kappa shape index (κ1) is 8.82. The van der Waals surface area contributed by atoms with Gasteiger partial charge in [0.15, 0.2) is 0 Å². The van der Waals surface area contributed by atoms with Gasteiger partial charge in [0, 0.05) is 11.5 Å². The minimum atomic E-state index is -0.713. The van der Waals surface area contributed by atoms with Crippen molar-refractivity contribution in [2.75, 3.05) is 0 Å². The summed E-state index contributed by atoms with van der Waals surface area (Å²) in [5.74, 6) is -1.02. The van der Waals surface area contributed by atoms with E-state index in [1.54, 1.807) is 0 Å². The molecule has 0 aliphatic heterocycles. The van der Waals surface area contributed by atoms with Gasteiger partial charge in [-0.25, -0.2) is 0 Å². The molecule has 0 aromatic carbocycles. The first-order valence-corrected chi connectivity index (χ1v) is 4.87. The zero-order valence-corrected chi connectivity index (χ0v) is 7.97. The van der Waals surface area contributed by atoms with Crippen molar-refractivity contribution in [2.45, 2.75) is 25.7 Å². The van der Waals surface area contributed by atoms with Crippen molar-refractivity contribution >= 4 is 17.6 Å². The maximum atomic E-state index is 10.9. The molecule has 0 aromatic rings. The Hall–Kier alpha value is -0.760. The van der Waals surface area contributed by atoms with E-state index < -0.39 is 5.97 Å². The minimum Gasteiger partial charge on any atom is -0.481 e. The van der Waals surface area contributed by atoms with Crippen molar-refractivity contribution in [3.63, 3.8) is 0 Å². The van der Waals surface area contributed by atoms with Crippen LogP contribution in [-0.2, 0) is 4.79 Å². The molecule has 0 saturated carbocycles. The summed E-state index contributed by atoms with van der Waals surface area (Å²) in [7, 11) is 0. The molecule has 1 unspecified atom stereocenters. The van der Waals surface area contributed by atoms with E-state index in [-0.39, 0.29) is 5.92 Å². The number of allylic oxidation sites excluding steroid dienone is 3. The molecule has 2 aliphatic rings. The predicted octanol–water partition coefficient (Wildman–Crippen LogP) is 2.69. The van der Waals surface area contributed by atoms with E-state index in [1.165, 1.54) is 5.57 Å². The molecule has 0 spiro atoms. The smallest absolute Gasteiger partial charge is 0.310 e. The molecule has 0 radical (unpaired) electrons. The van der Waals surface area contributed by atoms with Crippen molar-refractivity contribution in [2.24, 2.45) is 5.92 Å². The second-order valence-corrected chi connectivity index (χ2v) is 4.10. The van der Waals surface area contributed by atoms with Crippen molar-refractivity contribution in [3.05, 3.63) is 22.3 Å². The van der Waals surface area contributed by atoms with Crippen LogP contribution in [0, 0.1) is 5.92 Å². The molecule has 0 fully saturated rings. The van der Waals surface area contributed by atoms with Crippen LogP contribution in [0.4, 0.5) is 0 Å². The van der Waals surface area contributed by atoms with Crippen LogP contribution < -0.4 is 0 Å². The van der Waals surface area contributed by atoms with Gasteiger partial charge in [-0.1, -0.05) is 17.2 Å². The van der Waals surface area contributed by atoms with Gasteiger partial charge in [-0.05, 0) is 30.9 Å². The first-order valence-electron chi connectivity index (χ1n) is 4.49. The fourth-order valence-electron chi connectivity index (χ4n) is 2.14. The van der Waals surface area contributed by atoms with Crippen LogP contribution in [0.25, 0.3) is 0 Å². The van der Waals surface area contributed by atoms with E-state index in [0.717, 1.165) is 36.3 Å². The Bertz CT molecular complexity index is 315. The highest BCUT2D eigenvalue weighted by molar-refractivity contribution is 6.30. The second-order valence-electron chi connectivity index (χ2n) is 3.61. The summed E-state index contributed by atoms with van der Waals surface area (Å²) in [5.41, 5.74) is 2.22. The summed E-state index contributed by atoms with van der Waals surface area (Å²) in [5, 5.41) is 9.76. The number of hydrogen-bond donors (Lipinski definition) is 1. The lowest BCUT2D eigenvalue weighted by molar-refractivity contribution is -0.140. The maximum absolute atomic E-state index is 10.9. The zero-order valence-electron chi connectivity index (χ0n) is 7.22. The minimum absolute atomic E-state index is 0.306. The Kier molecular flexibility index (Phi) is 2.16. The van der Waals surface area contributed by atoms with Gasteiger partial charge in [-0.15, -0.1) is 0 Å². The molecule has 0 bridgehead atoms. The van der Waals surface area contributed by atoms with Crippen LogP contribution in [-0.4, -0.2) is 11.1 Å². The van der Waals surface area contributed by atoms with Gasteiger partial charge >= 0.3 is 5.97 Å². The lowest BCUT2D eigenvalue weighted by Crippen LogP contribution is -2.18. The lowest BCUT2D eigenvalue weighted by Gasteiger charge is -2.20. The molecule has 13 heavy (non-hydrogen) atoms. The second kappa shape index (κ2) is 3.18. The van der Waals surface area contributed by atoms with Crippen LogP contribution in [0.2, 0.25) is 0 Å². The number of hydrogen-bond acceptors (Lipinski definition) is 1. The SMILES string of the molecule is O=C(O)C1CCCC2=C1C=C(Cl)C2. The van der Waals surface area contributed by atoms with E-state index in [2.05, 4.69) is 0 Å². The van der Waals surface area contributed by atoms with Gasteiger partial charge in [0.2, 0.25) is 0 Å². The highest BCUT2D eigenvalue weighted by atomic mass is 35.5. The van der Waals surface area contributed by atoms with Crippen molar-refractivity contribution in [1.82, 2.24) is 0 Å². The average Bonchev–Trinajstić information content (AvgIpc) is 2.43. The lowest BCUT2D eigenvalue weighted by atomic mass is 9.84. The van der Waals surface area contributed by atoms with Crippen LogP contribution in [0.5, 0.6) is 0 Å². The van der Waals surface area contributed by atoms with Crippen molar-refractivity contribution in [1.29, 1.82) is 0 Å². The number of carboxylic acids is 1. The Balaban J connectivity index is 2.31. The van der Waals surface area contributed by atoms with Crippen molar-refractivity contribution in [3.8, 4) is 0 Å². The zero-order chi connectivity index (χ0) is 9.42. The van der Waals surface area contributed by atoms with E-state index in [0.29, 0.717) is 0 Å². The Labute approximate surface area is 81.9 Å². The van der Waals surface area contributed by atoms with Gasteiger partial charge in [-0.2, -0.15) is 0 Å². The summed E-state index contributed by atoms with van der Waals surface area (Å²) in [4.78, 5) is 10.9. The van der Waals surface area contributed by atoms with Crippen LogP contribution in [0.15, 0.2) is 22.3 Å². The van der Waals surface area contributed by atoms with Gasteiger partial charge in [0.1, 0.15) is 0 Å². The molecule has 2 nitrogen and oxygen atoms in total. The predicted molar refractivity (Wildman–Crippen MR) is 50.6 cm³/mol. The number of carbonyl (C=O) groups is 1. The van der Waals surface area contributed by atoms with E-state index in [1.807, 2.05) is 6.08 Å². The molecule has 2 rings (SSSR count). The third-order valence-electron chi connectivity index (χ3n) is 2.75. The number of carboxylic acid groups (broad SMARTS) is 1. The molecule has 1 N–H and O–H groups in total. The summed E-state index contributed by atoms with van der Waals surface area (Å²) in [6.45, 7) is 0. The number of halogens is 1. The molecule has 0 saturated heterocycles. The summed E-state index contributed by atoms with van der Waals surface area (Å²) in [6, 6.07) is 0. The monoisotopic (exact) mass is 198 g/mol. The number of aliphatic carboxylic acids is 1. The molecule has 1 atom stereocenters. The third-order valence-corrected chi connectivity index (χ3v) is 2.99. The Morgan fingerprint density at radius 1 is 1.62 bits per heavy atom. The molecule has 0 heterocycles. The van der Waals surface area contributed by atoms with Gasteiger partial charge in [0.25, 0.3) is 0 Å². The van der Waals surface area contributed by atoms with Gasteiger partial charge < -0.3 is 5.11 Å². The molecule has 70 valence electrons. The molecular weight excluding hydrogens is 188 g/mol. The van der Waals surface area contributed by atoms with Gasteiger partial charge in [0.05, 0.1) is 5.92 Å². The average molecular weight is 199 g/mol. The molecule has 2 aliphatic carbocycles. The maximum Gasteiger partial charge on any atom is 0.310 e. The fraction of sp³-hybridized carbons (Fsp3) is 0.500. The quantitative estimate of drug-likeness (QED) is 0.704. The summed E-state index contributed by atoms with van der Waals surface area (Å²) >= 11 is 5.88. The summed E-state index contributed by atoms with van der Waals surface area (Å²) in [6.07, 6.45) is 5.38. The van der Waals surface area contributed by atoms with Crippen molar-refractivity contribution < 1.29 is 9.90 Å². The highest BCUT2D eigenvalue weighted by Gasteiger charge is 2.30. The van der Waals surface area contributed by atoms with Crippen LogP contribution in [0.1, 0.15) is 25.7 Å². The molecule has 3 heteroatoms. The topological polar surface area (TPSA) is 37.3 Å². The highest BCUT2D eigenvalue weighted by Crippen LogP contribution is 2.40. The van der Waals surface area contributed by atoms with E-state index >= 15 is 0 Å². The Morgan fingerprint density at radius 3 is 3.08 bits per heavy atom. The first-order chi connectivity index (χ1) is 6.18. The molecule has 0 aromatic heterocycles. The van der Waals surface area contributed by atoms with Crippen LogP contribution >= 0.6 is 11.6 Å². The fourth-order valence-corrected chi connectivity index (χ4v) is 2.42. The molecular formula is C10H11ClO2. The van der Waals surface area contributed by atoms with Crippen LogP contribution in [0.3, 0.4) is 0 Å². The summed E-state index contributed by atoms with van der Waals surface area (Å²) < 4.78 is 0. The normalized spacial score (nSPS) is 27.2. The molecule has 0 amide bonds. The largest absolute Gasteiger partial charge is 0.481 e. The van der Waals surface area contributed by atoms with E-state index in [4.69, 9.17) is 16.7 Å². The standard InChI is InChI=1S/C10H11ClO2/c11-7-4-6-2-1-3-8(10(12)13)9(6)5-7/h5,8H,1-4H2,(H,12,13). The number of rotatable bonds is 1. The van der Waals surface area contributed by atoms with E-state index in [9.17, 15) is 4.79 Å². The van der Waals surface area contributed by atoms with Gasteiger partial charge in [-0.3, -0.25) is 4.79 Å².